The van der Waals surface area contributed by atoms with Gasteiger partial charge in [-0.1, -0.05) is 12.1 Å². The van der Waals surface area contributed by atoms with Crippen molar-refractivity contribution in [3.8, 4) is 11.5 Å². The van der Waals surface area contributed by atoms with Gasteiger partial charge in [0.2, 0.25) is 5.91 Å². The third-order valence-corrected chi connectivity index (χ3v) is 4.22. The Morgan fingerprint density at radius 3 is 2.43 bits per heavy atom. The fraction of sp³-hybridized carbons (Fsp3) is 0.273. The van der Waals surface area contributed by atoms with Crippen LogP contribution in [0, 0.1) is 0 Å². The second-order valence-electron chi connectivity index (χ2n) is 6.48. The lowest BCUT2D eigenvalue weighted by Gasteiger charge is -2.17. The molecule has 0 saturated heterocycles. The molecule has 0 atom stereocenters. The predicted octanol–water partition coefficient (Wildman–Crippen LogP) is 3.14. The van der Waals surface area contributed by atoms with Crippen molar-refractivity contribution in [1.29, 1.82) is 0 Å². The van der Waals surface area contributed by atoms with Crippen LogP contribution in [0.1, 0.15) is 24.3 Å². The maximum atomic E-state index is 12.6. The molecule has 1 aromatic heterocycles. The number of carbonyl (C=O) groups is 2. The summed E-state index contributed by atoms with van der Waals surface area (Å²) in [4.78, 5) is 35.0. The van der Waals surface area contributed by atoms with Gasteiger partial charge in [-0.2, -0.15) is 0 Å². The minimum Gasteiger partial charge on any atom is -0.490 e. The van der Waals surface area contributed by atoms with E-state index in [1.807, 2.05) is 32.0 Å². The van der Waals surface area contributed by atoms with Crippen molar-refractivity contribution in [1.82, 2.24) is 14.9 Å². The highest BCUT2D eigenvalue weighted by Crippen LogP contribution is 2.30. The van der Waals surface area contributed by atoms with Crippen LogP contribution in [0.15, 0.2) is 48.7 Å². The lowest BCUT2D eigenvalue weighted by atomic mass is 10.2. The normalized spacial score (nSPS) is 10.5. The number of hydrogen-bond donors (Lipinski definition) is 1. The molecular weight excluding hydrogens is 384 g/mol. The molecule has 0 fully saturated rings. The van der Waals surface area contributed by atoms with Crippen molar-refractivity contribution in [3.05, 3.63) is 54.4 Å². The van der Waals surface area contributed by atoms with Gasteiger partial charge >= 0.3 is 0 Å². The lowest BCUT2D eigenvalue weighted by Crippen LogP contribution is -2.35. The Bertz CT molecular complexity index is 1050. The van der Waals surface area contributed by atoms with Crippen molar-refractivity contribution in [2.24, 2.45) is 0 Å². The van der Waals surface area contributed by atoms with Crippen molar-refractivity contribution in [3.63, 3.8) is 0 Å². The summed E-state index contributed by atoms with van der Waals surface area (Å²) in [6, 6.07) is 12.5. The Labute approximate surface area is 174 Å². The molecule has 0 aliphatic carbocycles. The molecule has 2 aromatic carbocycles. The number of carbonyl (C=O) groups excluding carboxylic acids is 2. The van der Waals surface area contributed by atoms with E-state index in [0.29, 0.717) is 41.4 Å². The van der Waals surface area contributed by atoms with Gasteiger partial charge < -0.3 is 19.7 Å². The molecule has 3 aromatic rings. The van der Waals surface area contributed by atoms with Crippen LogP contribution < -0.4 is 14.8 Å². The summed E-state index contributed by atoms with van der Waals surface area (Å²) in [7, 11) is 1.54. The standard InChI is InChI=1S/C22H24N4O4/c1-4-29-19-11-10-15(12-20(19)30-5-2)24-21(27)14-26(3)22(28)18-13-23-16-8-6-7-9-17(16)25-18/h6-13H,4-5,14H2,1-3H3,(H,24,27). The number of hydrogen-bond acceptors (Lipinski definition) is 6. The van der Waals surface area contributed by atoms with E-state index in [2.05, 4.69) is 15.3 Å². The zero-order valence-electron chi connectivity index (χ0n) is 17.2. The molecule has 2 amide bonds. The number of anilines is 1. The third-order valence-electron chi connectivity index (χ3n) is 4.22. The van der Waals surface area contributed by atoms with Crippen LogP contribution in [0.5, 0.6) is 11.5 Å². The molecule has 30 heavy (non-hydrogen) atoms. The zero-order valence-corrected chi connectivity index (χ0v) is 17.2. The number of ether oxygens (including phenoxy) is 2. The first-order chi connectivity index (χ1) is 14.5. The van der Waals surface area contributed by atoms with E-state index in [9.17, 15) is 9.59 Å². The van der Waals surface area contributed by atoms with Gasteiger partial charge in [-0.25, -0.2) is 4.98 Å². The summed E-state index contributed by atoms with van der Waals surface area (Å²) in [5.41, 5.74) is 2.07. The Hall–Kier alpha value is -3.68. The number of aromatic nitrogens is 2. The van der Waals surface area contributed by atoms with E-state index in [4.69, 9.17) is 9.47 Å². The van der Waals surface area contributed by atoms with Crippen molar-refractivity contribution in [2.45, 2.75) is 13.8 Å². The molecule has 1 heterocycles. The smallest absolute Gasteiger partial charge is 0.274 e. The highest BCUT2D eigenvalue weighted by molar-refractivity contribution is 5.99. The largest absolute Gasteiger partial charge is 0.490 e. The van der Waals surface area contributed by atoms with Gasteiger partial charge in [0.25, 0.3) is 5.91 Å². The van der Waals surface area contributed by atoms with Crippen LogP contribution in [0.2, 0.25) is 0 Å². The average molecular weight is 408 g/mol. The lowest BCUT2D eigenvalue weighted by molar-refractivity contribution is -0.116. The molecule has 1 N–H and O–H groups in total. The summed E-state index contributed by atoms with van der Waals surface area (Å²) in [5, 5.41) is 2.77. The van der Waals surface area contributed by atoms with E-state index in [0.717, 1.165) is 0 Å². The van der Waals surface area contributed by atoms with Crippen LogP contribution in [-0.2, 0) is 4.79 Å². The van der Waals surface area contributed by atoms with Crippen LogP contribution in [0.25, 0.3) is 11.0 Å². The molecule has 0 unspecified atom stereocenters. The Balaban J connectivity index is 1.66. The van der Waals surface area contributed by atoms with E-state index in [-0.39, 0.29) is 24.1 Å². The van der Waals surface area contributed by atoms with Gasteiger partial charge in [0.05, 0.1) is 37.0 Å². The second-order valence-corrected chi connectivity index (χ2v) is 6.48. The first-order valence-corrected chi connectivity index (χ1v) is 9.68. The third kappa shape index (κ3) is 5.02. The molecule has 0 bridgehead atoms. The molecule has 0 aliphatic heterocycles. The number of amides is 2. The van der Waals surface area contributed by atoms with Gasteiger partial charge in [-0.3, -0.25) is 14.6 Å². The fourth-order valence-electron chi connectivity index (χ4n) is 2.87. The van der Waals surface area contributed by atoms with Gasteiger partial charge in [0.1, 0.15) is 5.69 Å². The van der Waals surface area contributed by atoms with Crippen molar-refractivity contribution < 1.29 is 19.1 Å². The summed E-state index contributed by atoms with van der Waals surface area (Å²) < 4.78 is 11.1. The van der Waals surface area contributed by atoms with E-state index in [1.54, 1.807) is 31.3 Å². The van der Waals surface area contributed by atoms with E-state index in [1.165, 1.54) is 11.1 Å². The minimum absolute atomic E-state index is 0.134. The number of para-hydroxylation sites is 2. The fourth-order valence-corrected chi connectivity index (χ4v) is 2.87. The molecule has 0 aliphatic rings. The Kier molecular flexibility index (Phi) is 6.79. The summed E-state index contributed by atoms with van der Waals surface area (Å²) in [6.45, 7) is 4.61. The van der Waals surface area contributed by atoms with Gasteiger partial charge in [0, 0.05) is 18.8 Å². The van der Waals surface area contributed by atoms with E-state index >= 15 is 0 Å². The summed E-state index contributed by atoms with van der Waals surface area (Å²) >= 11 is 0. The highest BCUT2D eigenvalue weighted by atomic mass is 16.5. The molecule has 8 nitrogen and oxygen atoms in total. The predicted molar refractivity (Wildman–Crippen MR) is 114 cm³/mol. The molecule has 0 spiro atoms. The van der Waals surface area contributed by atoms with Crippen LogP contribution in [0.3, 0.4) is 0 Å². The molecule has 156 valence electrons. The van der Waals surface area contributed by atoms with Crippen LogP contribution >= 0.6 is 0 Å². The molecule has 0 radical (unpaired) electrons. The zero-order chi connectivity index (χ0) is 21.5. The van der Waals surface area contributed by atoms with Gasteiger partial charge in [-0.15, -0.1) is 0 Å². The van der Waals surface area contributed by atoms with Crippen LogP contribution in [0.4, 0.5) is 5.69 Å². The van der Waals surface area contributed by atoms with Gasteiger partial charge in [0.15, 0.2) is 11.5 Å². The maximum absolute atomic E-state index is 12.6. The quantitative estimate of drug-likeness (QED) is 0.615. The molecular formula is C22H24N4O4. The number of likely N-dealkylation sites (N-methyl/N-ethyl adjacent to an activating group) is 1. The van der Waals surface area contributed by atoms with Crippen LogP contribution in [-0.4, -0.2) is 53.5 Å². The van der Waals surface area contributed by atoms with Crippen molar-refractivity contribution >= 4 is 28.5 Å². The van der Waals surface area contributed by atoms with E-state index < -0.39 is 0 Å². The average Bonchev–Trinajstić information content (AvgIpc) is 2.75. The monoisotopic (exact) mass is 408 g/mol. The van der Waals surface area contributed by atoms with Gasteiger partial charge in [-0.05, 0) is 38.1 Å². The number of nitrogens with zero attached hydrogens (tertiary/aromatic N) is 3. The first kappa shape index (κ1) is 21.0. The number of benzene rings is 2. The highest BCUT2D eigenvalue weighted by Gasteiger charge is 2.18. The summed E-state index contributed by atoms with van der Waals surface area (Å²) in [5.74, 6) is 0.434. The molecule has 0 saturated carbocycles. The SMILES string of the molecule is CCOc1ccc(NC(=O)CN(C)C(=O)c2cnc3ccccc3n2)cc1OCC. The summed E-state index contributed by atoms with van der Waals surface area (Å²) in [6.07, 6.45) is 1.42. The second kappa shape index (κ2) is 9.69. The molecule has 8 heteroatoms. The Morgan fingerprint density at radius 1 is 1.00 bits per heavy atom. The minimum atomic E-state index is -0.384. The number of nitrogens with one attached hydrogen (secondary N) is 1. The topological polar surface area (TPSA) is 93.7 Å². The molecule has 3 rings (SSSR count). The maximum Gasteiger partial charge on any atom is 0.274 e. The Morgan fingerprint density at radius 2 is 1.70 bits per heavy atom. The number of fused-ring (bicyclic) bond motifs is 1. The number of rotatable bonds is 8. The first-order valence-electron chi connectivity index (χ1n) is 9.68. The van der Waals surface area contributed by atoms with Crippen molar-refractivity contribution in [2.75, 3.05) is 32.1 Å².